The van der Waals surface area contributed by atoms with Crippen LogP contribution in [0.4, 0.5) is 0 Å². The fourth-order valence-electron chi connectivity index (χ4n) is 2.74. The smallest absolute Gasteiger partial charge is 0.142 e. The van der Waals surface area contributed by atoms with Gasteiger partial charge in [-0.3, -0.25) is 4.90 Å². The molecule has 1 fully saturated rings. The Morgan fingerprint density at radius 3 is 2.47 bits per heavy atom. The van der Waals surface area contributed by atoms with Gasteiger partial charge in [-0.25, -0.2) is 9.97 Å². The molecular formula is C13H22N4. The van der Waals surface area contributed by atoms with Crippen LogP contribution in [0.1, 0.15) is 37.9 Å². The minimum Gasteiger partial charge on any atom is -0.329 e. The molecule has 1 aromatic heterocycles. The molecule has 2 N–H and O–H groups in total. The molecule has 2 rings (SSSR count). The third-order valence-corrected chi connectivity index (χ3v) is 3.97. The average Bonchev–Trinajstić information content (AvgIpc) is 2.40. The predicted octanol–water partition coefficient (Wildman–Crippen LogP) is 1.57. The lowest BCUT2D eigenvalue weighted by atomic mass is 9.80. The zero-order valence-corrected chi connectivity index (χ0v) is 10.6. The molecule has 17 heavy (non-hydrogen) atoms. The minimum atomic E-state index is 0.164. The van der Waals surface area contributed by atoms with Crippen LogP contribution < -0.4 is 5.73 Å². The van der Waals surface area contributed by atoms with E-state index < -0.39 is 0 Å². The summed E-state index contributed by atoms with van der Waals surface area (Å²) >= 11 is 0. The Morgan fingerprint density at radius 1 is 1.24 bits per heavy atom. The first kappa shape index (κ1) is 12.5. The van der Waals surface area contributed by atoms with E-state index in [4.69, 9.17) is 5.73 Å². The Balaban J connectivity index is 2.04. The van der Waals surface area contributed by atoms with Gasteiger partial charge in [0.05, 0.1) is 6.54 Å². The highest BCUT2D eigenvalue weighted by atomic mass is 15.2. The molecule has 0 spiro atoms. The van der Waals surface area contributed by atoms with E-state index in [-0.39, 0.29) is 5.54 Å². The summed E-state index contributed by atoms with van der Waals surface area (Å²) in [6.07, 6.45) is 9.92. The van der Waals surface area contributed by atoms with Gasteiger partial charge >= 0.3 is 0 Å². The lowest BCUT2D eigenvalue weighted by Gasteiger charge is -2.43. The van der Waals surface area contributed by atoms with Crippen LogP contribution in [-0.4, -0.2) is 34.0 Å². The van der Waals surface area contributed by atoms with Crippen molar-refractivity contribution in [2.45, 2.75) is 44.2 Å². The third kappa shape index (κ3) is 2.82. The van der Waals surface area contributed by atoms with Gasteiger partial charge in [0.15, 0.2) is 0 Å². The van der Waals surface area contributed by atoms with Gasteiger partial charge in [0.1, 0.15) is 5.82 Å². The van der Waals surface area contributed by atoms with Crippen molar-refractivity contribution >= 4 is 0 Å². The lowest BCUT2D eigenvalue weighted by Crippen LogP contribution is -2.53. The quantitative estimate of drug-likeness (QED) is 0.859. The maximum absolute atomic E-state index is 6.01. The summed E-state index contributed by atoms with van der Waals surface area (Å²) < 4.78 is 0. The molecule has 0 unspecified atom stereocenters. The Morgan fingerprint density at radius 2 is 1.88 bits per heavy atom. The Labute approximate surface area is 103 Å². The second-order valence-corrected chi connectivity index (χ2v) is 5.01. The van der Waals surface area contributed by atoms with E-state index in [0.29, 0.717) is 0 Å². The standard InChI is InChI=1S/C13H22N4/c1-17(10-12-15-8-5-9-16-12)13(11-14)6-3-2-4-7-13/h5,8-9H,2-4,6-7,10-11,14H2,1H3. The van der Waals surface area contributed by atoms with Gasteiger partial charge in [-0.1, -0.05) is 19.3 Å². The summed E-state index contributed by atoms with van der Waals surface area (Å²) in [7, 11) is 2.15. The summed E-state index contributed by atoms with van der Waals surface area (Å²) in [6.45, 7) is 1.52. The van der Waals surface area contributed by atoms with Crippen molar-refractivity contribution < 1.29 is 0 Å². The second-order valence-electron chi connectivity index (χ2n) is 5.01. The van der Waals surface area contributed by atoms with Gasteiger partial charge in [0, 0.05) is 24.5 Å². The number of hydrogen-bond acceptors (Lipinski definition) is 4. The van der Waals surface area contributed by atoms with E-state index in [1.807, 2.05) is 6.07 Å². The predicted molar refractivity (Wildman–Crippen MR) is 68.4 cm³/mol. The molecular weight excluding hydrogens is 212 g/mol. The largest absolute Gasteiger partial charge is 0.329 e. The number of rotatable bonds is 4. The van der Waals surface area contributed by atoms with Gasteiger partial charge in [-0.15, -0.1) is 0 Å². The highest BCUT2D eigenvalue weighted by Crippen LogP contribution is 2.32. The molecule has 94 valence electrons. The van der Waals surface area contributed by atoms with E-state index >= 15 is 0 Å². The number of nitrogens with zero attached hydrogens (tertiary/aromatic N) is 3. The van der Waals surface area contributed by atoms with Crippen LogP contribution in [-0.2, 0) is 6.54 Å². The fraction of sp³-hybridized carbons (Fsp3) is 0.692. The van der Waals surface area contributed by atoms with Gasteiger partial charge in [0.25, 0.3) is 0 Å². The number of nitrogens with two attached hydrogens (primary N) is 1. The van der Waals surface area contributed by atoms with E-state index in [2.05, 4.69) is 21.9 Å². The summed E-state index contributed by atoms with van der Waals surface area (Å²) in [4.78, 5) is 10.9. The molecule has 4 heteroatoms. The van der Waals surface area contributed by atoms with Crippen LogP contribution in [0.5, 0.6) is 0 Å². The zero-order chi connectivity index (χ0) is 12.1. The fourth-order valence-corrected chi connectivity index (χ4v) is 2.74. The van der Waals surface area contributed by atoms with Crippen molar-refractivity contribution in [3.8, 4) is 0 Å². The normalized spacial score (nSPS) is 19.5. The summed E-state index contributed by atoms with van der Waals surface area (Å²) in [5.74, 6) is 0.883. The van der Waals surface area contributed by atoms with Crippen LogP contribution in [0.2, 0.25) is 0 Å². The molecule has 1 heterocycles. The molecule has 0 saturated heterocycles. The first-order chi connectivity index (χ1) is 8.27. The summed E-state index contributed by atoms with van der Waals surface area (Å²) in [6, 6.07) is 1.85. The molecule has 1 aliphatic carbocycles. The first-order valence-corrected chi connectivity index (χ1v) is 6.44. The van der Waals surface area contributed by atoms with E-state index in [9.17, 15) is 0 Å². The zero-order valence-electron chi connectivity index (χ0n) is 10.6. The topological polar surface area (TPSA) is 55.0 Å². The highest BCUT2D eigenvalue weighted by molar-refractivity contribution is 4.96. The van der Waals surface area contributed by atoms with E-state index in [0.717, 1.165) is 18.9 Å². The van der Waals surface area contributed by atoms with E-state index in [1.165, 1.54) is 32.1 Å². The van der Waals surface area contributed by atoms with Crippen molar-refractivity contribution in [2.75, 3.05) is 13.6 Å². The maximum atomic E-state index is 6.01. The van der Waals surface area contributed by atoms with Crippen LogP contribution in [0, 0.1) is 0 Å². The maximum Gasteiger partial charge on any atom is 0.142 e. The summed E-state index contributed by atoms with van der Waals surface area (Å²) in [5.41, 5.74) is 6.17. The van der Waals surface area contributed by atoms with Crippen molar-refractivity contribution in [3.05, 3.63) is 24.3 Å². The van der Waals surface area contributed by atoms with Crippen molar-refractivity contribution in [1.82, 2.24) is 14.9 Å². The van der Waals surface area contributed by atoms with Gasteiger partial charge in [0.2, 0.25) is 0 Å². The van der Waals surface area contributed by atoms with Crippen LogP contribution >= 0.6 is 0 Å². The van der Waals surface area contributed by atoms with Gasteiger partial charge in [-0.2, -0.15) is 0 Å². The highest BCUT2D eigenvalue weighted by Gasteiger charge is 2.34. The Hall–Kier alpha value is -1.00. The molecule has 0 aliphatic heterocycles. The number of aromatic nitrogens is 2. The van der Waals surface area contributed by atoms with E-state index in [1.54, 1.807) is 12.4 Å². The Bertz CT molecular complexity index is 333. The van der Waals surface area contributed by atoms with Crippen molar-refractivity contribution in [1.29, 1.82) is 0 Å². The SMILES string of the molecule is CN(Cc1ncccn1)C1(CN)CCCCC1. The molecule has 1 aliphatic rings. The monoisotopic (exact) mass is 234 g/mol. The average molecular weight is 234 g/mol. The van der Waals surface area contributed by atoms with Crippen LogP contribution in [0.15, 0.2) is 18.5 Å². The molecule has 4 nitrogen and oxygen atoms in total. The second kappa shape index (κ2) is 5.56. The van der Waals surface area contributed by atoms with Crippen LogP contribution in [0.3, 0.4) is 0 Å². The molecule has 0 atom stereocenters. The molecule has 0 amide bonds. The molecule has 0 aromatic carbocycles. The van der Waals surface area contributed by atoms with Crippen molar-refractivity contribution in [3.63, 3.8) is 0 Å². The first-order valence-electron chi connectivity index (χ1n) is 6.44. The number of hydrogen-bond donors (Lipinski definition) is 1. The third-order valence-electron chi connectivity index (χ3n) is 3.97. The lowest BCUT2D eigenvalue weighted by molar-refractivity contribution is 0.0735. The molecule has 1 aromatic rings. The van der Waals surface area contributed by atoms with Gasteiger partial charge < -0.3 is 5.73 Å². The summed E-state index contributed by atoms with van der Waals surface area (Å²) in [5, 5.41) is 0. The van der Waals surface area contributed by atoms with Gasteiger partial charge in [-0.05, 0) is 26.0 Å². The molecule has 0 radical (unpaired) electrons. The number of likely N-dealkylation sites (N-methyl/N-ethyl adjacent to an activating group) is 1. The molecule has 0 bridgehead atoms. The Kier molecular flexibility index (Phi) is 4.07. The van der Waals surface area contributed by atoms with Crippen molar-refractivity contribution in [2.24, 2.45) is 5.73 Å². The minimum absolute atomic E-state index is 0.164. The van der Waals surface area contributed by atoms with Crippen LogP contribution in [0.25, 0.3) is 0 Å². The molecule has 1 saturated carbocycles.